The van der Waals surface area contributed by atoms with Gasteiger partial charge >= 0.3 is 0 Å². The van der Waals surface area contributed by atoms with Crippen molar-refractivity contribution >= 4 is 5.91 Å². The molecule has 0 aromatic carbocycles. The van der Waals surface area contributed by atoms with Crippen molar-refractivity contribution in [2.24, 2.45) is 0 Å². The molecule has 0 aromatic rings. The lowest BCUT2D eigenvalue weighted by molar-refractivity contribution is -0.118. The number of nitriles is 1. The highest BCUT2D eigenvalue weighted by atomic mass is 16.1. The van der Waals surface area contributed by atoms with E-state index in [0.29, 0.717) is 0 Å². The average Bonchev–Trinajstić information content (AvgIpc) is 1.85. The van der Waals surface area contributed by atoms with E-state index in [1.165, 1.54) is 0 Å². The summed E-state index contributed by atoms with van der Waals surface area (Å²) in [5.74, 6) is -0.233. The zero-order valence-electron chi connectivity index (χ0n) is 6.64. The molecule has 0 unspecified atom stereocenters. The van der Waals surface area contributed by atoms with Gasteiger partial charge < -0.3 is 5.32 Å². The standard InChI is InChI=1S/C8H10N2O/c1-5-3-6(2)10-8(11)7(5)4-9/h6H,3H2,1-2H3,(H,10,11)/t6-/m1/s1. The Labute approximate surface area is 65.7 Å². The van der Waals surface area contributed by atoms with Crippen molar-refractivity contribution in [1.29, 1.82) is 5.26 Å². The Morgan fingerprint density at radius 2 is 2.36 bits per heavy atom. The number of amides is 1. The third kappa shape index (κ3) is 1.40. The van der Waals surface area contributed by atoms with E-state index < -0.39 is 0 Å². The van der Waals surface area contributed by atoms with Crippen LogP contribution in [-0.2, 0) is 4.79 Å². The summed E-state index contributed by atoms with van der Waals surface area (Å²) >= 11 is 0. The van der Waals surface area contributed by atoms with Gasteiger partial charge in [-0.1, -0.05) is 0 Å². The summed E-state index contributed by atoms with van der Waals surface area (Å²) < 4.78 is 0. The van der Waals surface area contributed by atoms with Crippen LogP contribution in [-0.4, -0.2) is 11.9 Å². The molecule has 1 aliphatic rings. The van der Waals surface area contributed by atoms with Crippen LogP contribution in [0.4, 0.5) is 0 Å². The van der Waals surface area contributed by atoms with E-state index in [1.54, 1.807) is 0 Å². The molecule has 1 rings (SSSR count). The molecule has 3 heteroatoms. The van der Waals surface area contributed by atoms with E-state index in [9.17, 15) is 4.79 Å². The highest BCUT2D eigenvalue weighted by molar-refractivity contribution is 5.99. The first-order valence-electron chi connectivity index (χ1n) is 3.56. The third-order valence-electron chi connectivity index (χ3n) is 1.76. The predicted octanol–water partition coefficient (Wildman–Crippen LogP) is 0.735. The van der Waals surface area contributed by atoms with Crippen LogP contribution >= 0.6 is 0 Å². The zero-order valence-corrected chi connectivity index (χ0v) is 6.64. The van der Waals surface area contributed by atoms with Crippen LogP contribution in [0.2, 0.25) is 0 Å². The van der Waals surface area contributed by atoms with Crippen molar-refractivity contribution in [2.75, 3.05) is 0 Å². The Kier molecular flexibility index (Phi) is 1.95. The fourth-order valence-electron chi connectivity index (χ4n) is 1.25. The maximum Gasteiger partial charge on any atom is 0.262 e. The van der Waals surface area contributed by atoms with Gasteiger partial charge in [0.1, 0.15) is 11.6 Å². The van der Waals surface area contributed by atoms with Crippen molar-refractivity contribution in [1.82, 2.24) is 5.32 Å². The lowest BCUT2D eigenvalue weighted by Gasteiger charge is -2.20. The van der Waals surface area contributed by atoms with E-state index in [1.807, 2.05) is 19.9 Å². The maximum atomic E-state index is 11.1. The van der Waals surface area contributed by atoms with Crippen LogP contribution in [0, 0.1) is 11.3 Å². The number of carbonyl (C=O) groups is 1. The first-order chi connectivity index (χ1) is 5.15. The summed E-state index contributed by atoms with van der Waals surface area (Å²) in [5, 5.41) is 11.2. The normalized spacial score (nSPS) is 24.5. The van der Waals surface area contributed by atoms with Gasteiger partial charge in [0.05, 0.1) is 0 Å². The SMILES string of the molecule is CC1=C(C#N)C(=O)N[C@H](C)C1. The van der Waals surface area contributed by atoms with Gasteiger partial charge in [-0.05, 0) is 25.8 Å². The van der Waals surface area contributed by atoms with Gasteiger partial charge in [0.15, 0.2) is 0 Å². The minimum Gasteiger partial charge on any atom is -0.349 e. The minimum atomic E-state index is -0.233. The molecular weight excluding hydrogens is 140 g/mol. The molecule has 0 fully saturated rings. The van der Waals surface area contributed by atoms with Crippen LogP contribution < -0.4 is 5.32 Å². The molecule has 0 aromatic heterocycles. The number of hydrogen-bond donors (Lipinski definition) is 1. The topological polar surface area (TPSA) is 52.9 Å². The first kappa shape index (κ1) is 7.80. The first-order valence-corrected chi connectivity index (χ1v) is 3.56. The number of hydrogen-bond acceptors (Lipinski definition) is 2. The van der Waals surface area contributed by atoms with Gasteiger partial charge in [-0.3, -0.25) is 4.79 Å². The van der Waals surface area contributed by atoms with Crippen LogP contribution in [0.5, 0.6) is 0 Å². The molecule has 3 nitrogen and oxygen atoms in total. The highest BCUT2D eigenvalue weighted by Crippen LogP contribution is 2.15. The molecule has 1 amide bonds. The second kappa shape index (κ2) is 2.75. The van der Waals surface area contributed by atoms with Gasteiger partial charge in [0, 0.05) is 6.04 Å². The Morgan fingerprint density at radius 3 is 2.82 bits per heavy atom. The molecule has 58 valence electrons. The van der Waals surface area contributed by atoms with Crippen LogP contribution in [0.25, 0.3) is 0 Å². The van der Waals surface area contributed by atoms with Gasteiger partial charge in [-0.15, -0.1) is 0 Å². The van der Waals surface area contributed by atoms with E-state index in [4.69, 9.17) is 5.26 Å². The summed E-state index contributed by atoms with van der Waals surface area (Å²) in [6.45, 7) is 3.75. The summed E-state index contributed by atoms with van der Waals surface area (Å²) in [6.07, 6.45) is 0.786. The quantitative estimate of drug-likeness (QED) is 0.553. The van der Waals surface area contributed by atoms with Crippen molar-refractivity contribution in [3.05, 3.63) is 11.1 Å². The number of nitrogens with zero attached hydrogens (tertiary/aromatic N) is 1. The van der Waals surface area contributed by atoms with Gasteiger partial charge in [0.2, 0.25) is 0 Å². The molecule has 0 aliphatic carbocycles. The Hall–Kier alpha value is -1.30. The van der Waals surface area contributed by atoms with E-state index in [-0.39, 0.29) is 17.5 Å². The average molecular weight is 150 g/mol. The molecule has 0 bridgehead atoms. The molecule has 11 heavy (non-hydrogen) atoms. The van der Waals surface area contributed by atoms with Crippen LogP contribution in [0.1, 0.15) is 20.3 Å². The third-order valence-corrected chi connectivity index (χ3v) is 1.76. The maximum absolute atomic E-state index is 11.1. The fourth-order valence-corrected chi connectivity index (χ4v) is 1.25. The van der Waals surface area contributed by atoms with Crippen LogP contribution in [0.3, 0.4) is 0 Å². The lowest BCUT2D eigenvalue weighted by Crippen LogP contribution is -2.37. The number of nitrogens with one attached hydrogen (secondary N) is 1. The lowest BCUT2D eigenvalue weighted by atomic mass is 9.98. The smallest absolute Gasteiger partial charge is 0.262 e. The Balaban J connectivity index is 2.97. The zero-order chi connectivity index (χ0) is 8.43. The molecular formula is C8H10N2O. The molecule has 0 radical (unpaired) electrons. The van der Waals surface area contributed by atoms with Crippen molar-refractivity contribution < 1.29 is 4.79 Å². The summed E-state index contributed by atoms with van der Waals surface area (Å²) in [5.41, 5.74) is 1.17. The predicted molar refractivity (Wildman–Crippen MR) is 40.5 cm³/mol. The largest absolute Gasteiger partial charge is 0.349 e. The molecule has 1 atom stereocenters. The molecule has 1 heterocycles. The summed E-state index contributed by atoms with van der Waals surface area (Å²) in [7, 11) is 0. The Bertz CT molecular complexity index is 260. The summed E-state index contributed by atoms with van der Waals surface area (Å²) in [4.78, 5) is 11.1. The molecule has 1 N–H and O–H groups in total. The number of carbonyl (C=O) groups excluding carboxylic acids is 1. The van der Waals surface area contributed by atoms with E-state index in [2.05, 4.69) is 5.32 Å². The monoisotopic (exact) mass is 150 g/mol. The molecule has 1 aliphatic heterocycles. The van der Waals surface area contributed by atoms with Crippen molar-refractivity contribution in [2.45, 2.75) is 26.3 Å². The van der Waals surface area contributed by atoms with E-state index >= 15 is 0 Å². The van der Waals surface area contributed by atoms with Crippen molar-refractivity contribution in [3.63, 3.8) is 0 Å². The van der Waals surface area contributed by atoms with Gasteiger partial charge in [-0.25, -0.2) is 0 Å². The Morgan fingerprint density at radius 1 is 1.73 bits per heavy atom. The second-order valence-electron chi connectivity index (χ2n) is 2.85. The molecule has 0 spiro atoms. The number of rotatable bonds is 0. The highest BCUT2D eigenvalue weighted by Gasteiger charge is 2.21. The minimum absolute atomic E-state index is 0.166. The van der Waals surface area contributed by atoms with Gasteiger partial charge in [-0.2, -0.15) is 5.26 Å². The fraction of sp³-hybridized carbons (Fsp3) is 0.500. The van der Waals surface area contributed by atoms with Gasteiger partial charge in [0.25, 0.3) is 5.91 Å². The molecule has 0 saturated carbocycles. The second-order valence-corrected chi connectivity index (χ2v) is 2.85. The van der Waals surface area contributed by atoms with Crippen molar-refractivity contribution in [3.8, 4) is 6.07 Å². The molecule has 0 saturated heterocycles. The van der Waals surface area contributed by atoms with Crippen LogP contribution in [0.15, 0.2) is 11.1 Å². The van der Waals surface area contributed by atoms with E-state index in [0.717, 1.165) is 12.0 Å². The summed E-state index contributed by atoms with van der Waals surface area (Å²) in [6, 6.07) is 2.06.